The fourth-order valence-electron chi connectivity index (χ4n) is 1.20. The summed E-state index contributed by atoms with van der Waals surface area (Å²) < 4.78 is 10.5. The molecule has 96 valence electrons. The fourth-order valence-corrected chi connectivity index (χ4v) is 1.20. The van der Waals surface area contributed by atoms with Crippen molar-refractivity contribution in [3.63, 3.8) is 0 Å². The first kappa shape index (κ1) is 15.7. The van der Waals surface area contributed by atoms with Crippen molar-refractivity contribution in [3.8, 4) is 12.3 Å². The summed E-state index contributed by atoms with van der Waals surface area (Å²) in [6.45, 7) is 9.36. The first-order valence-electron chi connectivity index (χ1n) is 5.64. The molecule has 0 aliphatic rings. The molecular weight excluding hydrogens is 218 g/mol. The third-order valence-electron chi connectivity index (χ3n) is 1.98. The van der Waals surface area contributed by atoms with Gasteiger partial charge in [-0.2, -0.15) is 0 Å². The van der Waals surface area contributed by atoms with E-state index in [2.05, 4.69) is 11.2 Å². The van der Waals surface area contributed by atoms with Crippen molar-refractivity contribution in [2.24, 2.45) is 0 Å². The highest BCUT2D eigenvalue weighted by Gasteiger charge is 2.27. The van der Waals surface area contributed by atoms with E-state index in [4.69, 9.17) is 15.9 Å². The van der Waals surface area contributed by atoms with Crippen LogP contribution in [0, 0.1) is 18.8 Å². The molecule has 0 spiro atoms. The molecule has 1 amide bonds. The average Bonchev–Trinajstić information content (AvgIpc) is 2.19. The fraction of sp³-hybridized carbons (Fsp3) is 0.692. The van der Waals surface area contributed by atoms with Gasteiger partial charge in [-0.1, -0.05) is 5.92 Å². The number of terminal acetylenes is 1. The molecule has 1 N–H and O–H groups in total. The van der Waals surface area contributed by atoms with Crippen LogP contribution in [0.25, 0.3) is 0 Å². The standard InChI is InChI=1S/C13H21NO3/c1-7-9-16-10(3)11(8-2)14-12(15)17-13(4,5)6/h1,8,10-11H,9H2,2-6H3/p+1. The number of hydrogen-bond acceptors (Lipinski definition) is 3. The molecule has 2 unspecified atom stereocenters. The molecule has 4 nitrogen and oxygen atoms in total. The molecule has 0 heterocycles. The number of hydrogen-bond donors (Lipinski definition) is 1. The van der Waals surface area contributed by atoms with Crippen molar-refractivity contribution in [2.75, 3.05) is 6.61 Å². The Morgan fingerprint density at radius 2 is 2.12 bits per heavy atom. The third kappa shape index (κ3) is 7.53. The Balaban J connectivity index is 4.21. The van der Waals surface area contributed by atoms with E-state index in [0.717, 1.165) is 0 Å². The largest absolute Gasteiger partial charge is 0.444 e. The molecule has 0 fully saturated rings. The van der Waals surface area contributed by atoms with Crippen LogP contribution >= 0.6 is 0 Å². The van der Waals surface area contributed by atoms with Crippen LogP contribution < -0.4 is 5.32 Å². The van der Waals surface area contributed by atoms with Gasteiger partial charge in [0, 0.05) is 0 Å². The highest BCUT2D eigenvalue weighted by atomic mass is 16.6. The Morgan fingerprint density at radius 3 is 2.53 bits per heavy atom. The maximum absolute atomic E-state index is 11.6. The Labute approximate surface area is 104 Å². The zero-order valence-electron chi connectivity index (χ0n) is 11.2. The van der Waals surface area contributed by atoms with Crippen LogP contribution in [0.3, 0.4) is 0 Å². The van der Waals surface area contributed by atoms with Crippen molar-refractivity contribution >= 4 is 6.09 Å². The lowest BCUT2D eigenvalue weighted by Crippen LogP contribution is -2.45. The number of carbonyl (C=O) groups is 1. The summed E-state index contributed by atoms with van der Waals surface area (Å²) in [5, 5.41) is 2.72. The number of amides is 1. The van der Waals surface area contributed by atoms with E-state index in [1.54, 1.807) is 0 Å². The minimum absolute atomic E-state index is 0.191. The normalized spacial score (nSPS) is 14.4. The van der Waals surface area contributed by atoms with E-state index < -0.39 is 11.7 Å². The quantitative estimate of drug-likeness (QED) is 0.591. The van der Waals surface area contributed by atoms with E-state index in [0.29, 0.717) is 0 Å². The lowest BCUT2D eigenvalue weighted by Gasteiger charge is -2.22. The van der Waals surface area contributed by atoms with Gasteiger partial charge in [0.05, 0.1) is 13.3 Å². The van der Waals surface area contributed by atoms with Crippen molar-refractivity contribution < 1.29 is 14.3 Å². The predicted molar refractivity (Wildman–Crippen MR) is 67.4 cm³/mol. The van der Waals surface area contributed by atoms with Crippen molar-refractivity contribution in [1.82, 2.24) is 5.32 Å². The van der Waals surface area contributed by atoms with Gasteiger partial charge in [-0.25, -0.2) is 4.79 Å². The van der Waals surface area contributed by atoms with Crippen molar-refractivity contribution in [2.45, 2.75) is 52.4 Å². The Kier molecular flexibility index (Phi) is 6.52. The molecule has 0 bridgehead atoms. The van der Waals surface area contributed by atoms with Gasteiger partial charge in [-0.15, -0.1) is 6.42 Å². The number of nitrogens with one attached hydrogen (secondary N) is 1. The van der Waals surface area contributed by atoms with Crippen LogP contribution in [0.15, 0.2) is 0 Å². The van der Waals surface area contributed by atoms with Crippen molar-refractivity contribution in [3.05, 3.63) is 6.42 Å². The molecule has 4 heteroatoms. The number of rotatable bonds is 5. The van der Waals surface area contributed by atoms with E-state index in [1.165, 1.54) is 0 Å². The lowest BCUT2D eigenvalue weighted by atomic mass is 10.1. The summed E-state index contributed by atoms with van der Waals surface area (Å²) in [6.07, 6.45) is 6.29. The Hall–Kier alpha value is -1.34. The summed E-state index contributed by atoms with van der Waals surface area (Å²) >= 11 is 0. The zero-order valence-corrected chi connectivity index (χ0v) is 11.2. The lowest BCUT2D eigenvalue weighted by molar-refractivity contribution is 0.0359. The molecular formula is C13H22NO3+. The van der Waals surface area contributed by atoms with Gasteiger partial charge in [0.25, 0.3) is 0 Å². The second kappa shape index (κ2) is 7.08. The summed E-state index contributed by atoms with van der Waals surface area (Å²) in [6, 6.07) is -0.224. The Bertz CT molecular complexity index is 275. The molecule has 0 aliphatic carbocycles. The maximum atomic E-state index is 11.6. The summed E-state index contributed by atoms with van der Waals surface area (Å²) in [4.78, 5) is 11.6. The summed E-state index contributed by atoms with van der Waals surface area (Å²) in [5.74, 6) is 2.39. The van der Waals surface area contributed by atoms with Crippen LogP contribution in [0.5, 0.6) is 0 Å². The van der Waals surface area contributed by atoms with Gasteiger partial charge in [-0.3, -0.25) is 5.32 Å². The van der Waals surface area contributed by atoms with Gasteiger partial charge < -0.3 is 9.47 Å². The molecule has 17 heavy (non-hydrogen) atoms. The maximum Gasteiger partial charge on any atom is 0.411 e. The molecule has 0 saturated heterocycles. The first-order valence-corrected chi connectivity index (χ1v) is 5.64. The SMILES string of the molecule is C#CCOC(C)C([CH+]C)NC(=O)OC(C)(C)C. The zero-order chi connectivity index (χ0) is 13.5. The predicted octanol–water partition coefficient (Wildman–Crippen LogP) is 2.14. The van der Waals surface area contributed by atoms with Crippen LogP contribution in [0.1, 0.15) is 34.6 Å². The molecule has 0 aromatic carbocycles. The second-order valence-corrected chi connectivity index (χ2v) is 4.73. The molecule has 0 saturated carbocycles. The van der Waals surface area contributed by atoms with Gasteiger partial charge in [-0.05, 0) is 27.7 Å². The van der Waals surface area contributed by atoms with E-state index >= 15 is 0 Å². The number of alkyl carbamates (subject to hydrolysis) is 1. The van der Waals surface area contributed by atoms with Crippen LogP contribution in [0.4, 0.5) is 4.79 Å². The minimum atomic E-state index is -0.509. The van der Waals surface area contributed by atoms with Gasteiger partial charge in [0.2, 0.25) is 0 Å². The van der Waals surface area contributed by atoms with E-state index in [9.17, 15) is 4.79 Å². The van der Waals surface area contributed by atoms with Crippen molar-refractivity contribution in [1.29, 1.82) is 0 Å². The molecule has 2 atom stereocenters. The van der Waals surface area contributed by atoms with Crippen LogP contribution in [-0.2, 0) is 9.47 Å². The third-order valence-corrected chi connectivity index (χ3v) is 1.98. The molecule has 0 aliphatic heterocycles. The summed E-state index contributed by atoms with van der Waals surface area (Å²) in [5.41, 5.74) is -0.509. The average molecular weight is 240 g/mol. The molecule has 0 aromatic rings. The highest BCUT2D eigenvalue weighted by molar-refractivity contribution is 5.68. The van der Waals surface area contributed by atoms with Crippen LogP contribution in [0.2, 0.25) is 0 Å². The number of ether oxygens (including phenoxy) is 2. The number of carbonyl (C=O) groups excluding carboxylic acids is 1. The van der Waals surface area contributed by atoms with Gasteiger partial charge in [0.15, 0.2) is 6.04 Å². The van der Waals surface area contributed by atoms with E-state index in [1.807, 2.05) is 41.0 Å². The highest BCUT2D eigenvalue weighted by Crippen LogP contribution is 2.08. The smallest absolute Gasteiger partial charge is 0.411 e. The van der Waals surface area contributed by atoms with E-state index in [-0.39, 0.29) is 18.8 Å². The molecule has 0 aromatic heterocycles. The summed E-state index contributed by atoms with van der Waals surface area (Å²) in [7, 11) is 0. The van der Waals surface area contributed by atoms with Crippen LogP contribution in [-0.4, -0.2) is 30.4 Å². The first-order chi connectivity index (χ1) is 7.80. The monoisotopic (exact) mass is 240 g/mol. The molecule has 0 rings (SSSR count). The molecule has 0 radical (unpaired) electrons. The van der Waals surface area contributed by atoms with Gasteiger partial charge >= 0.3 is 6.09 Å². The Morgan fingerprint density at radius 1 is 1.53 bits per heavy atom. The minimum Gasteiger partial charge on any atom is -0.444 e. The topological polar surface area (TPSA) is 47.6 Å². The van der Waals surface area contributed by atoms with Gasteiger partial charge in [0.1, 0.15) is 18.3 Å². The second-order valence-electron chi connectivity index (χ2n) is 4.73.